The molecule has 0 saturated carbocycles. The summed E-state index contributed by atoms with van der Waals surface area (Å²) in [5.41, 5.74) is 2.58. The van der Waals surface area contributed by atoms with E-state index in [0.717, 1.165) is 29.8 Å². The third-order valence-corrected chi connectivity index (χ3v) is 5.98. The first kappa shape index (κ1) is 13.8. The Morgan fingerprint density at radius 3 is 2.65 bits per heavy atom. The molecule has 0 spiro atoms. The second kappa shape index (κ2) is 4.69. The molecule has 0 N–H and O–H groups in total. The summed E-state index contributed by atoms with van der Waals surface area (Å²) in [5.74, 6) is 0.747. The molecule has 6 heteroatoms. The van der Waals surface area contributed by atoms with Gasteiger partial charge in [0.15, 0.2) is 15.6 Å². The van der Waals surface area contributed by atoms with Crippen molar-refractivity contribution >= 4 is 15.6 Å². The molecular weight excluding hydrogens is 276 g/mol. The van der Waals surface area contributed by atoms with Crippen LogP contribution in [-0.4, -0.2) is 35.5 Å². The second-order valence-corrected chi connectivity index (χ2v) is 8.37. The van der Waals surface area contributed by atoms with E-state index in [0.29, 0.717) is 12.8 Å². The van der Waals surface area contributed by atoms with Crippen LogP contribution in [0.1, 0.15) is 66.8 Å². The molecule has 1 fully saturated rings. The van der Waals surface area contributed by atoms with Crippen LogP contribution in [0, 0.1) is 0 Å². The van der Waals surface area contributed by atoms with E-state index in [1.807, 2.05) is 18.5 Å². The number of nitrogens with zero attached hydrogens (tertiary/aromatic N) is 2. The lowest BCUT2D eigenvalue weighted by atomic mass is 9.91. The topological polar surface area (TPSA) is 69.0 Å². The van der Waals surface area contributed by atoms with E-state index in [-0.39, 0.29) is 29.2 Å². The molecule has 0 bridgehead atoms. The third-order valence-electron chi connectivity index (χ3n) is 4.23. The van der Waals surface area contributed by atoms with Crippen molar-refractivity contribution in [3.63, 3.8) is 0 Å². The first-order chi connectivity index (χ1) is 9.39. The Bertz CT molecular complexity index is 658. The van der Waals surface area contributed by atoms with Crippen LogP contribution in [0.5, 0.6) is 0 Å². The van der Waals surface area contributed by atoms with E-state index in [4.69, 9.17) is 0 Å². The fourth-order valence-electron chi connectivity index (χ4n) is 3.25. The fraction of sp³-hybridized carbons (Fsp3) is 0.714. The molecule has 1 aliphatic carbocycles. The minimum atomic E-state index is -2.94. The highest BCUT2D eigenvalue weighted by atomic mass is 32.2. The maximum atomic E-state index is 12.2. The van der Waals surface area contributed by atoms with Gasteiger partial charge in [0.25, 0.3) is 0 Å². The van der Waals surface area contributed by atoms with Crippen molar-refractivity contribution in [2.24, 2.45) is 0 Å². The molecule has 0 radical (unpaired) electrons. The van der Waals surface area contributed by atoms with Crippen LogP contribution in [0.2, 0.25) is 0 Å². The maximum Gasteiger partial charge on any atom is 0.166 e. The van der Waals surface area contributed by atoms with Gasteiger partial charge in [-0.1, -0.05) is 13.8 Å². The molecule has 1 aromatic rings. The molecule has 1 unspecified atom stereocenters. The predicted molar refractivity (Wildman–Crippen MR) is 75.9 cm³/mol. The molecule has 0 amide bonds. The maximum absolute atomic E-state index is 12.2. The first-order valence-corrected chi connectivity index (χ1v) is 9.06. The average Bonchev–Trinajstić information content (AvgIpc) is 2.90. The summed E-state index contributed by atoms with van der Waals surface area (Å²) in [7, 11) is -2.94. The number of hydrogen-bond acceptors (Lipinski definition) is 4. The Balaban J connectivity index is 2.09. The number of sulfone groups is 1. The lowest BCUT2D eigenvalue weighted by Crippen LogP contribution is -2.18. The van der Waals surface area contributed by atoms with Crippen LogP contribution < -0.4 is 0 Å². The van der Waals surface area contributed by atoms with Crippen molar-refractivity contribution in [1.82, 2.24) is 9.78 Å². The SMILES string of the molecule is CC(C)c1nn(C2CCS(=O)(=O)C2)c2c1C(=O)CCC2. The minimum absolute atomic E-state index is 0.0906. The molecule has 2 aliphatic rings. The van der Waals surface area contributed by atoms with Gasteiger partial charge in [-0.3, -0.25) is 9.48 Å². The zero-order chi connectivity index (χ0) is 14.5. The highest BCUT2D eigenvalue weighted by Gasteiger charge is 2.35. The van der Waals surface area contributed by atoms with Crippen LogP contribution in [0.25, 0.3) is 0 Å². The summed E-state index contributed by atoms with van der Waals surface area (Å²) in [6.07, 6.45) is 2.87. The number of carbonyl (C=O) groups is 1. The number of aromatic nitrogens is 2. The second-order valence-electron chi connectivity index (χ2n) is 6.14. The van der Waals surface area contributed by atoms with Crippen molar-refractivity contribution in [2.45, 2.75) is 51.5 Å². The molecule has 1 aliphatic heterocycles. The van der Waals surface area contributed by atoms with E-state index in [2.05, 4.69) is 5.10 Å². The van der Waals surface area contributed by atoms with Crippen LogP contribution in [-0.2, 0) is 16.3 Å². The number of rotatable bonds is 2. The molecule has 2 heterocycles. The van der Waals surface area contributed by atoms with Gasteiger partial charge < -0.3 is 0 Å². The molecular formula is C14H20N2O3S. The van der Waals surface area contributed by atoms with Gasteiger partial charge in [0, 0.05) is 12.1 Å². The van der Waals surface area contributed by atoms with Crippen LogP contribution in [0.3, 0.4) is 0 Å². The Labute approximate surface area is 119 Å². The smallest absolute Gasteiger partial charge is 0.166 e. The summed E-state index contributed by atoms with van der Waals surface area (Å²) in [4.78, 5) is 12.2. The van der Waals surface area contributed by atoms with E-state index in [1.165, 1.54) is 0 Å². The number of ketones is 1. The monoisotopic (exact) mass is 296 g/mol. The molecule has 0 aromatic carbocycles. The molecule has 20 heavy (non-hydrogen) atoms. The molecule has 1 saturated heterocycles. The third kappa shape index (κ3) is 2.20. The zero-order valence-corrected chi connectivity index (χ0v) is 12.7. The Morgan fingerprint density at radius 2 is 2.05 bits per heavy atom. The standard InChI is InChI=1S/C14H20N2O3S/c1-9(2)14-13-11(4-3-5-12(13)17)16(15-14)10-6-7-20(18,19)8-10/h9-10H,3-8H2,1-2H3. The molecule has 3 rings (SSSR count). The van der Waals surface area contributed by atoms with Gasteiger partial charge in [0.1, 0.15) is 0 Å². The van der Waals surface area contributed by atoms with Crippen LogP contribution in [0.4, 0.5) is 0 Å². The lowest BCUT2D eigenvalue weighted by molar-refractivity contribution is 0.0970. The van der Waals surface area contributed by atoms with Gasteiger partial charge >= 0.3 is 0 Å². The highest BCUT2D eigenvalue weighted by molar-refractivity contribution is 7.91. The molecule has 1 aromatic heterocycles. The number of Topliss-reactive ketones (excluding diaryl/α,β-unsaturated/α-hetero) is 1. The summed E-state index contributed by atoms with van der Waals surface area (Å²) in [6, 6.07) is -0.0906. The number of fused-ring (bicyclic) bond motifs is 1. The average molecular weight is 296 g/mol. The summed E-state index contributed by atoms with van der Waals surface area (Å²) < 4.78 is 25.2. The van der Waals surface area contributed by atoms with Gasteiger partial charge in [0.2, 0.25) is 0 Å². The Kier molecular flexibility index (Phi) is 3.23. The minimum Gasteiger partial charge on any atom is -0.294 e. The van der Waals surface area contributed by atoms with Crippen molar-refractivity contribution < 1.29 is 13.2 Å². The normalized spacial score (nSPS) is 25.1. The van der Waals surface area contributed by atoms with Crippen LogP contribution >= 0.6 is 0 Å². The van der Waals surface area contributed by atoms with Gasteiger partial charge in [-0.15, -0.1) is 0 Å². The number of carbonyl (C=O) groups excluding carboxylic acids is 1. The number of hydrogen-bond donors (Lipinski definition) is 0. The fourth-order valence-corrected chi connectivity index (χ4v) is 4.94. The quantitative estimate of drug-likeness (QED) is 0.835. The summed E-state index contributed by atoms with van der Waals surface area (Å²) in [6.45, 7) is 4.06. The van der Waals surface area contributed by atoms with Crippen molar-refractivity contribution in [3.8, 4) is 0 Å². The molecule has 110 valence electrons. The van der Waals surface area contributed by atoms with Gasteiger partial charge in [0.05, 0.1) is 28.8 Å². The molecule has 1 atom stereocenters. The van der Waals surface area contributed by atoms with E-state index in [1.54, 1.807) is 0 Å². The van der Waals surface area contributed by atoms with Gasteiger partial charge in [-0.25, -0.2) is 8.42 Å². The largest absolute Gasteiger partial charge is 0.294 e. The summed E-state index contributed by atoms with van der Waals surface area (Å²) >= 11 is 0. The van der Waals surface area contributed by atoms with Gasteiger partial charge in [-0.2, -0.15) is 5.10 Å². The van der Waals surface area contributed by atoms with Gasteiger partial charge in [-0.05, 0) is 25.2 Å². The zero-order valence-electron chi connectivity index (χ0n) is 11.9. The van der Waals surface area contributed by atoms with Crippen LogP contribution in [0.15, 0.2) is 0 Å². The highest BCUT2D eigenvalue weighted by Crippen LogP contribution is 2.33. The lowest BCUT2D eigenvalue weighted by Gasteiger charge is -2.17. The Morgan fingerprint density at radius 1 is 1.30 bits per heavy atom. The molecule has 5 nitrogen and oxygen atoms in total. The van der Waals surface area contributed by atoms with E-state index < -0.39 is 9.84 Å². The van der Waals surface area contributed by atoms with Crippen molar-refractivity contribution in [3.05, 3.63) is 17.0 Å². The summed E-state index contributed by atoms with van der Waals surface area (Å²) in [5, 5.41) is 4.62. The predicted octanol–water partition coefficient (Wildman–Crippen LogP) is 1.89. The van der Waals surface area contributed by atoms with E-state index >= 15 is 0 Å². The Hall–Kier alpha value is -1.17. The van der Waals surface area contributed by atoms with Crippen molar-refractivity contribution in [1.29, 1.82) is 0 Å². The first-order valence-electron chi connectivity index (χ1n) is 7.24. The van der Waals surface area contributed by atoms with E-state index in [9.17, 15) is 13.2 Å². The van der Waals surface area contributed by atoms with Crippen molar-refractivity contribution in [2.75, 3.05) is 11.5 Å².